The summed E-state index contributed by atoms with van der Waals surface area (Å²) in [6, 6.07) is 6.37. The van der Waals surface area contributed by atoms with Gasteiger partial charge in [-0.2, -0.15) is 0 Å². The summed E-state index contributed by atoms with van der Waals surface area (Å²) >= 11 is 9.53. The first-order chi connectivity index (χ1) is 8.13. The number of alkyl halides is 1. The molecule has 0 saturated heterocycles. The van der Waals surface area contributed by atoms with Crippen molar-refractivity contribution in [2.75, 3.05) is 25.2 Å². The van der Waals surface area contributed by atoms with E-state index in [0.29, 0.717) is 6.04 Å². The molecule has 0 radical (unpaired) electrons. The molecule has 0 aliphatic heterocycles. The van der Waals surface area contributed by atoms with Gasteiger partial charge in [-0.15, -0.1) is 0 Å². The van der Waals surface area contributed by atoms with Crippen molar-refractivity contribution in [1.82, 2.24) is 0 Å². The van der Waals surface area contributed by atoms with Crippen LogP contribution in [-0.4, -0.2) is 26.3 Å². The van der Waals surface area contributed by atoms with Crippen LogP contribution in [-0.2, 0) is 10.1 Å². The number of hydrogen-bond donors (Lipinski definition) is 0. The minimum atomic E-state index is 0.351. The zero-order chi connectivity index (χ0) is 12.8. The van der Waals surface area contributed by atoms with Gasteiger partial charge in [0.1, 0.15) is 0 Å². The fraction of sp³-hybridized carbons (Fsp3) is 0.538. The van der Waals surface area contributed by atoms with Crippen molar-refractivity contribution in [3.8, 4) is 0 Å². The summed E-state index contributed by atoms with van der Waals surface area (Å²) in [6.07, 6.45) is 0. The highest BCUT2D eigenvalue weighted by Crippen LogP contribution is 2.27. The summed E-state index contributed by atoms with van der Waals surface area (Å²) in [7, 11) is 1.73. The Morgan fingerprint density at radius 2 is 2.18 bits per heavy atom. The molecular weight excluding hydrogens is 302 g/mol. The molecule has 1 unspecified atom stereocenters. The highest BCUT2D eigenvalue weighted by Gasteiger charge is 2.15. The Bertz CT molecular complexity index is 359. The van der Waals surface area contributed by atoms with Crippen molar-refractivity contribution in [3.05, 3.63) is 28.8 Å². The second-order valence-corrected chi connectivity index (χ2v) is 4.99. The zero-order valence-corrected chi connectivity index (χ0v) is 12.9. The summed E-state index contributed by atoms with van der Waals surface area (Å²) in [6.45, 7) is 5.99. The van der Waals surface area contributed by atoms with Crippen LogP contribution in [0.3, 0.4) is 0 Å². The normalized spacial score (nSPS) is 12.5. The molecule has 1 aromatic carbocycles. The Labute approximate surface area is 117 Å². The highest BCUT2D eigenvalue weighted by molar-refractivity contribution is 9.08. The lowest BCUT2D eigenvalue weighted by molar-refractivity contribution is 0.182. The lowest BCUT2D eigenvalue weighted by Gasteiger charge is -2.31. The van der Waals surface area contributed by atoms with E-state index < -0.39 is 0 Å². The van der Waals surface area contributed by atoms with E-state index in [4.69, 9.17) is 16.3 Å². The third-order valence-corrected chi connectivity index (χ3v) is 3.61. The van der Waals surface area contributed by atoms with E-state index in [2.05, 4.69) is 40.7 Å². The predicted octanol–water partition coefficient (Wildman–Crippen LogP) is 4.10. The highest BCUT2D eigenvalue weighted by atomic mass is 79.9. The van der Waals surface area contributed by atoms with Gasteiger partial charge >= 0.3 is 0 Å². The topological polar surface area (TPSA) is 12.5 Å². The number of anilines is 1. The van der Waals surface area contributed by atoms with Crippen molar-refractivity contribution in [2.45, 2.75) is 25.2 Å². The minimum Gasteiger partial charge on any atom is -0.383 e. The van der Waals surface area contributed by atoms with Crippen LogP contribution in [0.1, 0.15) is 19.4 Å². The van der Waals surface area contributed by atoms with Crippen LogP contribution >= 0.6 is 27.5 Å². The van der Waals surface area contributed by atoms with Crippen LogP contribution in [0, 0.1) is 0 Å². The smallest absolute Gasteiger partial charge is 0.0663 e. The third kappa shape index (κ3) is 3.87. The van der Waals surface area contributed by atoms with Gasteiger partial charge in [0, 0.05) is 35.7 Å². The molecule has 0 spiro atoms. The Morgan fingerprint density at radius 3 is 2.71 bits per heavy atom. The van der Waals surface area contributed by atoms with E-state index in [1.54, 1.807) is 7.11 Å². The second kappa shape index (κ2) is 7.24. The molecule has 4 heteroatoms. The van der Waals surface area contributed by atoms with Gasteiger partial charge in [0.05, 0.1) is 6.61 Å². The van der Waals surface area contributed by atoms with Gasteiger partial charge in [-0.25, -0.2) is 0 Å². The molecule has 2 nitrogen and oxygen atoms in total. The van der Waals surface area contributed by atoms with E-state index in [9.17, 15) is 0 Å². The second-order valence-electron chi connectivity index (χ2n) is 4.00. The molecule has 96 valence electrons. The van der Waals surface area contributed by atoms with E-state index in [1.165, 1.54) is 11.3 Å². The van der Waals surface area contributed by atoms with Crippen molar-refractivity contribution in [3.63, 3.8) is 0 Å². The van der Waals surface area contributed by atoms with Crippen molar-refractivity contribution >= 4 is 33.2 Å². The zero-order valence-electron chi connectivity index (χ0n) is 10.5. The van der Waals surface area contributed by atoms with Gasteiger partial charge < -0.3 is 9.64 Å². The molecule has 0 N–H and O–H groups in total. The van der Waals surface area contributed by atoms with Gasteiger partial charge in [-0.05, 0) is 37.6 Å². The lowest BCUT2D eigenvalue weighted by Crippen LogP contribution is -2.36. The SMILES string of the molecule is CCN(c1ccc(Cl)cc1CBr)C(C)COC. The molecule has 1 rings (SSSR count). The molecular formula is C13H19BrClNO. The third-order valence-electron chi connectivity index (χ3n) is 2.78. The number of likely N-dealkylation sites (N-methyl/N-ethyl adjacent to an activating group) is 1. The average Bonchev–Trinajstić information content (AvgIpc) is 2.32. The van der Waals surface area contributed by atoms with Crippen molar-refractivity contribution in [2.24, 2.45) is 0 Å². The lowest BCUT2D eigenvalue weighted by atomic mass is 10.1. The molecule has 1 aromatic rings. The summed E-state index contributed by atoms with van der Waals surface area (Å²) in [5.41, 5.74) is 2.43. The number of hydrogen-bond acceptors (Lipinski definition) is 2. The fourth-order valence-corrected chi connectivity index (χ4v) is 2.64. The number of methoxy groups -OCH3 is 1. The van der Waals surface area contributed by atoms with Gasteiger partial charge in [-0.3, -0.25) is 0 Å². The monoisotopic (exact) mass is 319 g/mol. The van der Waals surface area contributed by atoms with Crippen LogP contribution in [0.4, 0.5) is 5.69 Å². The van der Waals surface area contributed by atoms with E-state index in [-0.39, 0.29) is 0 Å². The largest absolute Gasteiger partial charge is 0.383 e. The van der Waals surface area contributed by atoms with Crippen LogP contribution < -0.4 is 4.90 Å². The van der Waals surface area contributed by atoms with Crippen LogP contribution in [0.25, 0.3) is 0 Å². The Balaban J connectivity index is 3.02. The number of rotatable bonds is 6. The van der Waals surface area contributed by atoms with E-state index >= 15 is 0 Å². The van der Waals surface area contributed by atoms with Gasteiger partial charge in [0.2, 0.25) is 0 Å². The first-order valence-electron chi connectivity index (χ1n) is 5.74. The van der Waals surface area contributed by atoms with E-state index in [1.807, 2.05) is 12.1 Å². The summed E-state index contributed by atoms with van der Waals surface area (Å²) in [4.78, 5) is 2.33. The first kappa shape index (κ1) is 14.8. The van der Waals surface area contributed by atoms with Crippen LogP contribution in [0.5, 0.6) is 0 Å². The molecule has 0 aromatic heterocycles. The standard InChI is InChI=1S/C13H19BrClNO/c1-4-16(10(2)9-17-3)13-6-5-12(15)7-11(13)8-14/h5-7,10H,4,8-9H2,1-3H3. The number of ether oxygens (including phenoxy) is 1. The summed E-state index contributed by atoms with van der Waals surface area (Å²) < 4.78 is 5.23. The number of nitrogens with zero attached hydrogens (tertiary/aromatic N) is 1. The van der Waals surface area contributed by atoms with Crippen LogP contribution in [0.15, 0.2) is 18.2 Å². The van der Waals surface area contributed by atoms with Gasteiger partial charge in [0.25, 0.3) is 0 Å². The maximum absolute atomic E-state index is 6.02. The molecule has 17 heavy (non-hydrogen) atoms. The quantitative estimate of drug-likeness (QED) is 0.732. The van der Waals surface area contributed by atoms with Crippen molar-refractivity contribution in [1.29, 1.82) is 0 Å². The molecule has 0 fully saturated rings. The first-order valence-corrected chi connectivity index (χ1v) is 7.23. The average molecular weight is 321 g/mol. The molecule has 0 aliphatic carbocycles. The predicted molar refractivity (Wildman–Crippen MR) is 78.4 cm³/mol. The molecule has 0 bridgehead atoms. The molecule has 0 saturated carbocycles. The Kier molecular flexibility index (Phi) is 6.31. The Hall–Kier alpha value is -0.250. The van der Waals surface area contributed by atoms with Crippen molar-refractivity contribution < 1.29 is 4.74 Å². The summed E-state index contributed by atoms with van der Waals surface area (Å²) in [5, 5.41) is 1.58. The summed E-state index contributed by atoms with van der Waals surface area (Å²) in [5.74, 6) is 0. The molecule has 1 atom stereocenters. The fourth-order valence-electron chi connectivity index (χ4n) is 1.99. The molecule has 0 heterocycles. The molecule has 0 aliphatic rings. The Morgan fingerprint density at radius 1 is 1.47 bits per heavy atom. The maximum Gasteiger partial charge on any atom is 0.0663 e. The van der Waals surface area contributed by atoms with Crippen LogP contribution in [0.2, 0.25) is 5.02 Å². The maximum atomic E-state index is 6.02. The van der Waals surface area contributed by atoms with Gasteiger partial charge in [0.15, 0.2) is 0 Å². The van der Waals surface area contributed by atoms with Gasteiger partial charge in [-0.1, -0.05) is 27.5 Å². The van der Waals surface area contributed by atoms with E-state index in [0.717, 1.165) is 23.5 Å². The molecule has 0 amide bonds. The number of halogens is 2. The minimum absolute atomic E-state index is 0.351. The number of benzene rings is 1.